The van der Waals surface area contributed by atoms with Crippen molar-refractivity contribution in [3.8, 4) is 17.2 Å². The van der Waals surface area contributed by atoms with Crippen molar-refractivity contribution in [3.63, 3.8) is 0 Å². The zero-order valence-corrected chi connectivity index (χ0v) is 20.8. The van der Waals surface area contributed by atoms with Gasteiger partial charge in [0.1, 0.15) is 5.75 Å². The highest BCUT2D eigenvalue weighted by molar-refractivity contribution is 6.33. The topological polar surface area (TPSA) is 86.2 Å². The van der Waals surface area contributed by atoms with Crippen LogP contribution in [0.25, 0.3) is 0 Å². The second-order valence-corrected chi connectivity index (χ2v) is 8.46. The molecule has 0 aliphatic heterocycles. The van der Waals surface area contributed by atoms with Crippen LogP contribution in [0.1, 0.15) is 46.8 Å². The molecule has 182 valence electrons. The quantitative estimate of drug-likeness (QED) is 0.183. The Labute approximate surface area is 209 Å². The molecule has 0 heterocycles. The Bertz CT molecular complexity index is 1240. The lowest BCUT2D eigenvalue weighted by molar-refractivity contribution is -0.123. The molecule has 0 spiro atoms. The van der Waals surface area contributed by atoms with E-state index in [1.165, 1.54) is 13.3 Å². The van der Waals surface area contributed by atoms with Gasteiger partial charge in [-0.1, -0.05) is 49.7 Å². The molecule has 3 aromatic rings. The Hall–Kier alpha value is -3.84. The number of carbonyl (C=O) groups excluding carboxylic acids is 2. The molecule has 0 unspecified atom stereocenters. The number of aryl methyl sites for hydroxylation is 1. The van der Waals surface area contributed by atoms with Gasteiger partial charge in [-0.05, 0) is 65.9 Å². The lowest BCUT2D eigenvalue weighted by atomic mass is 10.0. The molecular formula is C27H27ClN2O5. The number of nitrogens with one attached hydrogen (secondary N) is 1. The van der Waals surface area contributed by atoms with Crippen LogP contribution in [-0.4, -0.2) is 31.8 Å². The van der Waals surface area contributed by atoms with Crippen molar-refractivity contribution in [3.05, 3.63) is 87.9 Å². The van der Waals surface area contributed by atoms with Gasteiger partial charge in [0.05, 0.1) is 23.9 Å². The number of halogens is 1. The van der Waals surface area contributed by atoms with E-state index in [0.29, 0.717) is 22.1 Å². The number of hydrogen-bond donors (Lipinski definition) is 1. The van der Waals surface area contributed by atoms with Gasteiger partial charge >= 0.3 is 5.97 Å². The van der Waals surface area contributed by atoms with Gasteiger partial charge in [-0.25, -0.2) is 10.2 Å². The molecule has 1 amide bonds. The number of hydrogen-bond acceptors (Lipinski definition) is 6. The number of carbonyl (C=O) groups is 2. The maximum Gasteiger partial charge on any atom is 0.345 e. The van der Waals surface area contributed by atoms with E-state index in [9.17, 15) is 9.59 Å². The van der Waals surface area contributed by atoms with Crippen LogP contribution in [0.4, 0.5) is 0 Å². The zero-order valence-electron chi connectivity index (χ0n) is 20.0. The third-order valence-corrected chi connectivity index (χ3v) is 5.37. The van der Waals surface area contributed by atoms with Gasteiger partial charge in [0, 0.05) is 0 Å². The fraction of sp³-hybridized carbons (Fsp3) is 0.222. The number of amides is 1. The van der Waals surface area contributed by atoms with E-state index >= 15 is 0 Å². The van der Waals surface area contributed by atoms with Crippen molar-refractivity contribution in [2.75, 3.05) is 13.7 Å². The Balaban J connectivity index is 1.59. The number of rotatable bonds is 9. The van der Waals surface area contributed by atoms with Gasteiger partial charge in [-0.3, -0.25) is 4.79 Å². The number of hydrazone groups is 1. The van der Waals surface area contributed by atoms with Crippen LogP contribution in [0.5, 0.6) is 17.2 Å². The molecule has 0 aliphatic carbocycles. The van der Waals surface area contributed by atoms with Crippen LogP contribution >= 0.6 is 11.6 Å². The van der Waals surface area contributed by atoms with Crippen LogP contribution in [0.15, 0.2) is 65.8 Å². The minimum atomic E-state index is -0.600. The third-order valence-electron chi connectivity index (χ3n) is 5.04. The van der Waals surface area contributed by atoms with Crippen LogP contribution in [0, 0.1) is 6.92 Å². The Morgan fingerprint density at radius 3 is 2.51 bits per heavy atom. The summed E-state index contributed by atoms with van der Waals surface area (Å²) in [6.07, 6.45) is 1.45. The van der Waals surface area contributed by atoms with Gasteiger partial charge in [0.2, 0.25) is 0 Å². The molecule has 1 N–H and O–H groups in total. The minimum absolute atomic E-state index is 0.166. The van der Waals surface area contributed by atoms with Gasteiger partial charge in [0.25, 0.3) is 5.91 Å². The first-order valence-corrected chi connectivity index (χ1v) is 11.4. The van der Waals surface area contributed by atoms with E-state index in [4.69, 9.17) is 25.8 Å². The van der Waals surface area contributed by atoms with Crippen molar-refractivity contribution in [2.24, 2.45) is 5.10 Å². The van der Waals surface area contributed by atoms with E-state index in [2.05, 4.69) is 24.4 Å². The number of ether oxygens (including phenoxy) is 3. The average molecular weight is 495 g/mol. The van der Waals surface area contributed by atoms with Gasteiger partial charge in [0.15, 0.2) is 18.1 Å². The molecule has 0 saturated heterocycles. The Kier molecular flexibility index (Phi) is 8.86. The maximum atomic E-state index is 12.4. The van der Waals surface area contributed by atoms with Crippen molar-refractivity contribution in [2.45, 2.75) is 26.7 Å². The van der Waals surface area contributed by atoms with Crippen molar-refractivity contribution < 1.29 is 23.8 Å². The average Bonchev–Trinajstić information content (AvgIpc) is 2.83. The minimum Gasteiger partial charge on any atom is -0.493 e. The summed E-state index contributed by atoms with van der Waals surface area (Å²) in [6, 6.07) is 17.4. The number of methoxy groups -OCH3 is 1. The molecular weight excluding hydrogens is 468 g/mol. The van der Waals surface area contributed by atoms with Crippen LogP contribution < -0.4 is 19.6 Å². The van der Waals surface area contributed by atoms with Gasteiger partial charge in [-0.15, -0.1) is 0 Å². The maximum absolute atomic E-state index is 12.4. The number of nitrogens with zero attached hydrogens (tertiary/aromatic N) is 1. The van der Waals surface area contributed by atoms with E-state index in [1.807, 2.05) is 25.1 Å². The van der Waals surface area contributed by atoms with Crippen LogP contribution in [0.3, 0.4) is 0 Å². The SMILES string of the molecule is COc1cc(/C=N\NC(=O)COc2cc(C)ccc2C(C)C)ccc1OC(=O)c1ccccc1Cl. The summed E-state index contributed by atoms with van der Waals surface area (Å²) in [4.78, 5) is 24.6. The molecule has 35 heavy (non-hydrogen) atoms. The van der Waals surface area contributed by atoms with E-state index < -0.39 is 11.9 Å². The molecule has 7 nitrogen and oxygen atoms in total. The molecule has 0 atom stereocenters. The highest BCUT2D eigenvalue weighted by Crippen LogP contribution is 2.29. The number of esters is 1. The fourth-order valence-electron chi connectivity index (χ4n) is 3.23. The second kappa shape index (κ2) is 12.0. The van der Waals surface area contributed by atoms with Crippen molar-refractivity contribution in [1.82, 2.24) is 5.43 Å². The van der Waals surface area contributed by atoms with Crippen molar-refractivity contribution >= 4 is 29.7 Å². The first-order chi connectivity index (χ1) is 16.8. The highest BCUT2D eigenvalue weighted by atomic mass is 35.5. The predicted molar refractivity (Wildman–Crippen MR) is 136 cm³/mol. The normalized spacial score (nSPS) is 10.9. The first-order valence-electron chi connectivity index (χ1n) is 11.0. The molecule has 0 aliphatic rings. The van der Waals surface area contributed by atoms with Crippen LogP contribution in [0.2, 0.25) is 5.02 Å². The Morgan fingerprint density at radius 1 is 1.03 bits per heavy atom. The summed E-state index contributed by atoms with van der Waals surface area (Å²) in [5.41, 5.74) is 5.41. The van der Waals surface area contributed by atoms with E-state index in [-0.39, 0.29) is 23.8 Å². The molecule has 0 saturated carbocycles. The van der Waals surface area contributed by atoms with Gasteiger partial charge < -0.3 is 14.2 Å². The summed E-state index contributed by atoms with van der Waals surface area (Å²) < 4.78 is 16.5. The molecule has 0 radical (unpaired) electrons. The highest BCUT2D eigenvalue weighted by Gasteiger charge is 2.15. The lowest BCUT2D eigenvalue weighted by Crippen LogP contribution is -2.25. The molecule has 0 fully saturated rings. The molecule has 3 aromatic carbocycles. The standard InChI is InChI=1S/C27H27ClN2O5/c1-17(2)20-11-9-18(3)13-24(20)34-16-26(31)30-29-15-19-10-12-23(25(14-19)33-4)35-27(32)21-7-5-6-8-22(21)28/h5-15,17H,16H2,1-4H3,(H,30,31)/b29-15-. The van der Waals surface area contributed by atoms with E-state index in [1.54, 1.807) is 42.5 Å². The second-order valence-electron chi connectivity index (χ2n) is 8.06. The first kappa shape index (κ1) is 25.8. The smallest absolute Gasteiger partial charge is 0.345 e. The molecule has 8 heteroatoms. The fourth-order valence-corrected chi connectivity index (χ4v) is 3.44. The van der Waals surface area contributed by atoms with Gasteiger partial charge in [-0.2, -0.15) is 5.10 Å². The largest absolute Gasteiger partial charge is 0.493 e. The summed E-state index contributed by atoms with van der Waals surface area (Å²) >= 11 is 6.06. The Morgan fingerprint density at radius 2 is 1.80 bits per heavy atom. The lowest BCUT2D eigenvalue weighted by Gasteiger charge is -2.14. The summed E-state index contributed by atoms with van der Waals surface area (Å²) in [7, 11) is 1.46. The summed E-state index contributed by atoms with van der Waals surface area (Å²) in [5, 5.41) is 4.26. The third kappa shape index (κ3) is 7.07. The number of benzene rings is 3. The van der Waals surface area contributed by atoms with E-state index in [0.717, 1.165) is 11.1 Å². The van der Waals surface area contributed by atoms with Crippen LogP contribution in [-0.2, 0) is 4.79 Å². The summed E-state index contributed by atoms with van der Waals surface area (Å²) in [6.45, 7) is 5.94. The molecule has 3 rings (SSSR count). The molecule has 0 aromatic heterocycles. The van der Waals surface area contributed by atoms with Crippen molar-refractivity contribution in [1.29, 1.82) is 0 Å². The summed E-state index contributed by atoms with van der Waals surface area (Å²) in [5.74, 6) is 0.515. The zero-order chi connectivity index (χ0) is 25.4. The monoisotopic (exact) mass is 494 g/mol. The predicted octanol–water partition coefficient (Wildman–Crippen LogP) is 5.53. The molecule has 0 bridgehead atoms.